The Kier molecular flexibility index (Phi) is 4.76. The van der Waals surface area contributed by atoms with Crippen LogP contribution in [0, 0.1) is 0 Å². The fourth-order valence-corrected chi connectivity index (χ4v) is 2.34. The zero-order valence-electron chi connectivity index (χ0n) is 11.1. The van der Waals surface area contributed by atoms with Gasteiger partial charge in [0.15, 0.2) is 11.5 Å². The van der Waals surface area contributed by atoms with Gasteiger partial charge in [-0.25, -0.2) is 4.98 Å². The lowest BCUT2D eigenvalue weighted by Gasteiger charge is -2.12. The molecule has 2 aromatic rings. The van der Waals surface area contributed by atoms with Crippen LogP contribution in [0.15, 0.2) is 29.1 Å². The molecule has 0 aliphatic rings. The monoisotopic (exact) mass is 278 g/mol. The van der Waals surface area contributed by atoms with Crippen molar-refractivity contribution in [1.29, 1.82) is 0 Å². The number of hydrogen-bond donors (Lipinski definition) is 1. The third-order valence-corrected chi connectivity index (χ3v) is 3.28. The number of benzene rings is 1. The van der Waals surface area contributed by atoms with Crippen LogP contribution < -0.4 is 15.2 Å². The lowest BCUT2D eigenvalue weighted by atomic mass is 10.1. The largest absolute Gasteiger partial charge is 0.493 e. The molecule has 0 aliphatic heterocycles. The summed E-state index contributed by atoms with van der Waals surface area (Å²) in [5.74, 6) is 1.46. The highest BCUT2D eigenvalue weighted by Gasteiger charge is 2.08. The normalized spacial score (nSPS) is 12.2. The van der Waals surface area contributed by atoms with Crippen LogP contribution in [0.1, 0.15) is 18.2 Å². The summed E-state index contributed by atoms with van der Waals surface area (Å²) in [4.78, 5) is 4.19. The maximum Gasteiger partial charge on any atom is 0.162 e. The van der Waals surface area contributed by atoms with E-state index < -0.39 is 0 Å². The lowest BCUT2D eigenvalue weighted by Crippen LogP contribution is -2.17. The van der Waals surface area contributed by atoms with Crippen LogP contribution in [0.2, 0.25) is 0 Å². The molecule has 0 radical (unpaired) electrons. The summed E-state index contributed by atoms with van der Waals surface area (Å²) < 4.78 is 11.1. The van der Waals surface area contributed by atoms with Crippen molar-refractivity contribution in [2.24, 2.45) is 5.73 Å². The average molecular weight is 278 g/mol. The molecule has 0 fully saturated rings. The Bertz CT molecular complexity index is 512. The summed E-state index contributed by atoms with van der Waals surface area (Å²) in [5, 5.41) is 1.97. The van der Waals surface area contributed by atoms with Crippen LogP contribution in [-0.4, -0.2) is 18.1 Å². The summed E-state index contributed by atoms with van der Waals surface area (Å²) in [6.07, 6.45) is 0.817. The summed E-state index contributed by atoms with van der Waals surface area (Å²) in [5.41, 5.74) is 9.67. The van der Waals surface area contributed by atoms with E-state index in [1.54, 1.807) is 24.0 Å². The molecule has 1 aromatic carbocycles. The van der Waals surface area contributed by atoms with Gasteiger partial charge in [0.1, 0.15) is 6.61 Å². The zero-order chi connectivity index (χ0) is 13.7. The number of aromatic nitrogens is 1. The van der Waals surface area contributed by atoms with Crippen molar-refractivity contribution < 1.29 is 9.47 Å². The van der Waals surface area contributed by atoms with Gasteiger partial charge >= 0.3 is 0 Å². The zero-order valence-corrected chi connectivity index (χ0v) is 11.9. The molecular weight excluding hydrogens is 260 g/mol. The van der Waals surface area contributed by atoms with Gasteiger partial charge < -0.3 is 15.2 Å². The minimum absolute atomic E-state index is 0.125. The number of methoxy groups -OCH3 is 1. The van der Waals surface area contributed by atoms with Gasteiger partial charge in [0, 0.05) is 11.4 Å². The van der Waals surface area contributed by atoms with E-state index in [4.69, 9.17) is 15.2 Å². The van der Waals surface area contributed by atoms with Crippen molar-refractivity contribution in [2.75, 3.05) is 7.11 Å². The van der Waals surface area contributed by atoms with Gasteiger partial charge in [0.05, 0.1) is 18.3 Å². The molecule has 0 saturated heterocycles. The lowest BCUT2D eigenvalue weighted by molar-refractivity contribution is 0.281. The van der Waals surface area contributed by atoms with Crippen LogP contribution in [0.4, 0.5) is 0 Å². The highest BCUT2D eigenvalue weighted by molar-refractivity contribution is 7.07. The molecule has 0 saturated carbocycles. The first-order valence-electron chi connectivity index (χ1n) is 6.11. The predicted molar refractivity (Wildman–Crippen MR) is 76.8 cm³/mol. The molecule has 0 bridgehead atoms. The van der Waals surface area contributed by atoms with Gasteiger partial charge in [0.2, 0.25) is 0 Å². The van der Waals surface area contributed by atoms with Crippen LogP contribution in [0.3, 0.4) is 0 Å². The van der Waals surface area contributed by atoms with E-state index in [9.17, 15) is 0 Å². The number of nitrogens with zero attached hydrogens (tertiary/aromatic N) is 1. The van der Waals surface area contributed by atoms with E-state index in [0.717, 1.165) is 29.2 Å². The Labute approximate surface area is 117 Å². The fraction of sp³-hybridized carbons (Fsp3) is 0.357. The molecule has 0 amide bonds. The first-order chi connectivity index (χ1) is 9.19. The number of thiazole rings is 1. The Morgan fingerprint density at radius 3 is 2.84 bits per heavy atom. The summed E-state index contributed by atoms with van der Waals surface area (Å²) in [7, 11) is 1.64. The predicted octanol–water partition coefficient (Wildman–Crippen LogP) is 2.62. The quantitative estimate of drug-likeness (QED) is 0.882. The molecule has 1 aromatic heterocycles. The maximum atomic E-state index is 5.82. The molecule has 1 heterocycles. The van der Waals surface area contributed by atoms with Crippen LogP contribution >= 0.6 is 11.3 Å². The van der Waals surface area contributed by atoms with Crippen molar-refractivity contribution in [3.8, 4) is 11.5 Å². The summed E-state index contributed by atoms with van der Waals surface area (Å²) >= 11 is 1.56. The highest BCUT2D eigenvalue weighted by atomic mass is 32.1. The Balaban J connectivity index is 2.11. The van der Waals surface area contributed by atoms with E-state index in [-0.39, 0.29) is 6.04 Å². The van der Waals surface area contributed by atoms with Gasteiger partial charge in [0.25, 0.3) is 0 Å². The highest BCUT2D eigenvalue weighted by Crippen LogP contribution is 2.29. The van der Waals surface area contributed by atoms with E-state index in [2.05, 4.69) is 4.98 Å². The van der Waals surface area contributed by atoms with E-state index >= 15 is 0 Å². The van der Waals surface area contributed by atoms with Crippen LogP contribution in [-0.2, 0) is 13.0 Å². The van der Waals surface area contributed by atoms with Gasteiger partial charge in [-0.3, -0.25) is 0 Å². The SMILES string of the molecule is COc1ccc(CC(C)N)cc1OCc1cscn1. The van der Waals surface area contributed by atoms with Gasteiger partial charge in [-0.15, -0.1) is 11.3 Å². The van der Waals surface area contributed by atoms with Crippen molar-refractivity contribution in [1.82, 2.24) is 4.98 Å². The van der Waals surface area contributed by atoms with E-state index in [1.807, 2.05) is 30.5 Å². The molecule has 19 heavy (non-hydrogen) atoms. The van der Waals surface area contributed by atoms with Gasteiger partial charge in [-0.1, -0.05) is 6.07 Å². The maximum absolute atomic E-state index is 5.82. The third-order valence-electron chi connectivity index (χ3n) is 2.64. The molecule has 2 rings (SSSR count). The molecular formula is C14H18N2O2S. The Morgan fingerprint density at radius 2 is 2.21 bits per heavy atom. The molecule has 0 spiro atoms. The van der Waals surface area contributed by atoms with Crippen molar-refractivity contribution in [3.63, 3.8) is 0 Å². The first kappa shape index (κ1) is 13.8. The summed E-state index contributed by atoms with van der Waals surface area (Å²) in [6.45, 7) is 2.43. The smallest absolute Gasteiger partial charge is 0.162 e. The van der Waals surface area contributed by atoms with Gasteiger partial charge in [-0.2, -0.15) is 0 Å². The molecule has 2 N–H and O–H groups in total. The Morgan fingerprint density at radius 1 is 1.37 bits per heavy atom. The second kappa shape index (κ2) is 6.54. The standard InChI is InChI=1S/C14H18N2O2S/c1-10(15)5-11-3-4-13(17-2)14(6-11)18-7-12-8-19-9-16-12/h3-4,6,8-10H,5,7,15H2,1-2H3. The second-order valence-electron chi connectivity index (χ2n) is 4.44. The third kappa shape index (κ3) is 3.94. The van der Waals surface area contributed by atoms with Crippen LogP contribution in [0.5, 0.6) is 11.5 Å². The first-order valence-corrected chi connectivity index (χ1v) is 7.05. The van der Waals surface area contributed by atoms with E-state index in [1.165, 1.54) is 0 Å². The van der Waals surface area contributed by atoms with Crippen molar-refractivity contribution in [3.05, 3.63) is 40.3 Å². The fourth-order valence-electron chi connectivity index (χ4n) is 1.79. The molecule has 0 aliphatic carbocycles. The minimum Gasteiger partial charge on any atom is -0.493 e. The minimum atomic E-state index is 0.125. The number of rotatable bonds is 6. The molecule has 1 unspecified atom stereocenters. The van der Waals surface area contributed by atoms with Crippen LogP contribution in [0.25, 0.3) is 0 Å². The molecule has 4 nitrogen and oxygen atoms in total. The molecule has 102 valence electrons. The number of hydrogen-bond acceptors (Lipinski definition) is 5. The number of nitrogens with two attached hydrogens (primary N) is 1. The van der Waals surface area contributed by atoms with Crippen molar-refractivity contribution in [2.45, 2.75) is 26.0 Å². The molecule has 5 heteroatoms. The second-order valence-corrected chi connectivity index (χ2v) is 5.15. The van der Waals surface area contributed by atoms with E-state index in [0.29, 0.717) is 6.61 Å². The summed E-state index contributed by atoms with van der Waals surface area (Å²) in [6, 6.07) is 6.03. The van der Waals surface area contributed by atoms with Gasteiger partial charge in [-0.05, 0) is 31.0 Å². The molecule has 1 atom stereocenters. The average Bonchev–Trinajstić information content (AvgIpc) is 2.89. The number of ether oxygens (including phenoxy) is 2. The topological polar surface area (TPSA) is 57.4 Å². The van der Waals surface area contributed by atoms with Crippen molar-refractivity contribution >= 4 is 11.3 Å². The Hall–Kier alpha value is -1.59.